The summed E-state index contributed by atoms with van der Waals surface area (Å²) in [6.07, 6.45) is 1.53. The molecule has 0 unspecified atom stereocenters. The molecule has 9 heteroatoms. The van der Waals surface area contributed by atoms with Gasteiger partial charge >= 0.3 is 0 Å². The molecule has 3 aromatic carbocycles. The van der Waals surface area contributed by atoms with Crippen LogP contribution in [0.2, 0.25) is 0 Å². The van der Waals surface area contributed by atoms with E-state index in [0.717, 1.165) is 22.9 Å². The summed E-state index contributed by atoms with van der Waals surface area (Å²) < 4.78 is 19.5. The van der Waals surface area contributed by atoms with Gasteiger partial charge in [-0.1, -0.05) is 48.2 Å². The minimum atomic E-state index is -0.508. The first kappa shape index (κ1) is 22.6. The highest BCUT2D eigenvalue weighted by Gasteiger charge is 2.33. The molecule has 4 rings (SSSR count). The summed E-state index contributed by atoms with van der Waals surface area (Å²) in [6.45, 7) is 2.23. The molecule has 0 aliphatic carbocycles. The molecule has 0 saturated carbocycles. The fraction of sp³-hybridized carbons (Fsp3) is 0.0833. The molecule has 3 aromatic rings. The predicted molar refractivity (Wildman–Crippen MR) is 131 cm³/mol. The quantitative estimate of drug-likeness (QED) is 0.186. The monoisotopic (exact) mass is 480 g/mol. The van der Waals surface area contributed by atoms with Gasteiger partial charge in [0.1, 0.15) is 18.2 Å². The Kier molecular flexibility index (Phi) is 6.52. The van der Waals surface area contributed by atoms with Crippen LogP contribution in [0.4, 0.5) is 15.8 Å². The van der Waals surface area contributed by atoms with Gasteiger partial charge in [0.2, 0.25) is 0 Å². The van der Waals surface area contributed by atoms with Crippen molar-refractivity contribution in [3.63, 3.8) is 0 Å². The van der Waals surface area contributed by atoms with E-state index in [4.69, 9.17) is 17.0 Å². The number of thioether (sulfide) groups is 1. The van der Waals surface area contributed by atoms with Crippen molar-refractivity contribution in [3.05, 3.63) is 104 Å². The number of thiocarbonyl (C=S) groups is 1. The molecule has 0 spiro atoms. The van der Waals surface area contributed by atoms with E-state index in [2.05, 4.69) is 0 Å². The molecule has 0 atom stereocenters. The van der Waals surface area contributed by atoms with Crippen molar-refractivity contribution < 1.29 is 18.8 Å². The number of amides is 1. The highest BCUT2D eigenvalue weighted by Crippen LogP contribution is 2.38. The van der Waals surface area contributed by atoms with Crippen LogP contribution in [0, 0.1) is 22.9 Å². The Balaban J connectivity index is 1.66. The largest absolute Gasteiger partial charge is 0.488 e. The Morgan fingerprint density at radius 3 is 2.58 bits per heavy atom. The van der Waals surface area contributed by atoms with Gasteiger partial charge < -0.3 is 4.74 Å². The normalized spacial score (nSPS) is 14.7. The Labute approximate surface area is 198 Å². The van der Waals surface area contributed by atoms with Crippen LogP contribution in [0.15, 0.2) is 71.6 Å². The Bertz CT molecular complexity index is 1290. The van der Waals surface area contributed by atoms with Crippen molar-refractivity contribution in [1.29, 1.82) is 0 Å². The van der Waals surface area contributed by atoms with E-state index in [9.17, 15) is 19.3 Å². The molecule has 0 N–H and O–H groups in total. The number of carbonyl (C=O) groups is 1. The minimum absolute atomic E-state index is 0.126. The summed E-state index contributed by atoms with van der Waals surface area (Å²) >= 11 is 6.41. The van der Waals surface area contributed by atoms with E-state index >= 15 is 0 Å². The van der Waals surface area contributed by atoms with E-state index in [1.54, 1.807) is 0 Å². The number of aryl methyl sites for hydroxylation is 1. The summed E-state index contributed by atoms with van der Waals surface area (Å²) in [6, 6.07) is 17.4. The number of carbonyl (C=O) groups excluding carboxylic acids is 1. The molecule has 1 amide bonds. The van der Waals surface area contributed by atoms with Gasteiger partial charge in [0.15, 0.2) is 4.32 Å². The lowest BCUT2D eigenvalue weighted by molar-refractivity contribution is -0.384. The maximum absolute atomic E-state index is 13.3. The smallest absolute Gasteiger partial charge is 0.270 e. The van der Waals surface area contributed by atoms with Gasteiger partial charge in [-0.3, -0.25) is 19.8 Å². The van der Waals surface area contributed by atoms with Crippen molar-refractivity contribution in [3.8, 4) is 5.75 Å². The predicted octanol–water partition coefficient (Wildman–Crippen LogP) is 6.03. The Morgan fingerprint density at radius 2 is 1.88 bits per heavy atom. The lowest BCUT2D eigenvalue weighted by atomic mass is 10.1. The number of halogens is 1. The number of hydrogen-bond acceptors (Lipinski definition) is 6. The standard InChI is InChI=1S/C24H17FN2O4S2/c1-15-4-2-3-5-16(15)14-31-21-11-10-20(27(29)30)12-17(21)13-22-23(28)26(24(32)33-22)19-8-6-18(25)7-9-19/h2-13H,14H2,1H3/b22-13-. The molecular weight excluding hydrogens is 463 g/mol. The zero-order valence-corrected chi connectivity index (χ0v) is 19.0. The van der Waals surface area contributed by atoms with Crippen LogP contribution in [-0.2, 0) is 11.4 Å². The summed E-state index contributed by atoms with van der Waals surface area (Å²) in [5.41, 5.74) is 2.74. The fourth-order valence-corrected chi connectivity index (χ4v) is 4.53. The number of nitro benzene ring substituents is 1. The number of nitro groups is 1. The lowest BCUT2D eigenvalue weighted by Crippen LogP contribution is -2.27. The molecule has 1 aliphatic rings. The van der Waals surface area contributed by atoms with E-state index in [0.29, 0.717) is 17.0 Å². The van der Waals surface area contributed by atoms with Gasteiger partial charge in [-0.2, -0.15) is 0 Å². The highest BCUT2D eigenvalue weighted by molar-refractivity contribution is 8.27. The molecule has 1 aliphatic heterocycles. The van der Waals surface area contributed by atoms with Crippen LogP contribution < -0.4 is 9.64 Å². The Hall–Kier alpha value is -3.56. The van der Waals surface area contributed by atoms with Crippen molar-refractivity contribution >= 4 is 51.7 Å². The number of rotatable bonds is 6. The average molecular weight is 481 g/mol. The molecule has 0 aromatic heterocycles. The van der Waals surface area contributed by atoms with Crippen LogP contribution in [0.5, 0.6) is 5.75 Å². The van der Waals surface area contributed by atoms with Gasteiger partial charge in [0, 0.05) is 17.7 Å². The van der Waals surface area contributed by atoms with E-state index in [1.165, 1.54) is 53.4 Å². The minimum Gasteiger partial charge on any atom is -0.488 e. The molecule has 1 heterocycles. The number of ether oxygens (including phenoxy) is 1. The highest BCUT2D eigenvalue weighted by atomic mass is 32.2. The van der Waals surface area contributed by atoms with Gasteiger partial charge in [-0.25, -0.2) is 4.39 Å². The van der Waals surface area contributed by atoms with Crippen molar-refractivity contribution in [2.24, 2.45) is 0 Å². The number of non-ortho nitro benzene ring substituents is 1. The van der Waals surface area contributed by atoms with Crippen molar-refractivity contribution in [2.75, 3.05) is 4.90 Å². The Morgan fingerprint density at radius 1 is 1.15 bits per heavy atom. The molecule has 1 fully saturated rings. The second-order valence-corrected chi connectivity index (χ2v) is 8.86. The molecular formula is C24H17FN2O4S2. The summed E-state index contributed by atoms with van der Waals surface area (Å²) in [4.78, 5) is 25.4. The third kappa shape index (κ3) is 4.94. The topological polar surface area (TPSA) is 72.7 Å². The summed E-state index contributed by atoms with van der Waals surface area (Å²) in [5.74, 6) is -0.421. The molecule has 33 heavy (non-hydrogen) atoms. The van der Waals surface area contributed by atoms with Crippen LogP contribution in [0.1, 0.15) is 16.7 Å². The number of anilines is 1. The maximum atomic E-state index is 13.3. The number of benzene rings is 3. The van der Waals surface area contributed by atoms with Gasteiger partial charge in [0.25, 0.3) is 11.6 Å². The van der Waals surface area contributed by atoms with Crippen molar-refractivity contribution in [1.82, 2.24) is 0 Å². The molecule has 166 valence electrons. The first-order valence-corrected chi connectivity index (χ1v) is 11.1. The number of nitrogens with zero attached hydrogens (tertiary/aromatic N) is 2. The fourth-order valence-electron chi connectivity index (χ4n) is 3.24. The van der Waals surface area contributed by atoms with Crippen molar-refractivity contribution in [2.45, 2.75) is 13.5 Å². The summed E-state index contributed by atoms with van der Waals surface area (Å²) in [5, 5.41) is 11.3. The van der Waals surface area contributed by atoms with Crippen LogP contribution in [0.3, 0.4) is 0 Å². The zero-order chi connectivity index (χ0) is 23.5. The van der Waals surface area contributed by atoms with Gasteiger partial charge in [-0.15, -0.1) is 0 Å². The van der Waals surface area contributed by atoms with Crippen LogP contribution >= 0.6 is 24.0 Å². The second kappa shape index (κ2) is 9.51. The first-order valence-electron chi connectivity index (χ1n) is 9.83. The third-order valence-corrected chi connectivity index (χ3v) is 6.32. The molecule has 0 bridgehead atoms. The number of hydrogen-bond donors (Lipinski definition) is 0. The van der Waals surface area contributed by atoms with Gasteiger partial charge in [0.05, 0.1) is 15.5 Å². The molecule has 6 nitrogen and oxygen atoms in total. The third-order valence-electron chi connectivity index (χ3n) is 5.01. The van der Waals surface area contributed by atoms with E-state index in [-0.39, 0.29) is 21.5 Å². The lowest BCUT2D eigenvalue weighted by Gasteiger charge is -2.14. The zero-order valence-electron chi connectivity index (χ0n) is 17.4. The van der Waals surface area contributed by atoms with E-state index in [1.807, 2.05) is 31.2 Å². The van der Waals surface area contributed by atoms with Crippen LogP contribution in [0.25, 0.3) is 6.08 Å². The van der Waals surface area contributed by atoms with Gasteiger partial charge in [-0.05, 0) is 54.5 Å². The van der Waals surface area contributed by atoms with Crippen LogP contribution in [-0.4, -0.2) is 15.2 Å². The first-order chi connectivity index (χ1) is 15.8. The average Bonchev–Trinajstić information content (AvgIpc) is 3.07. The SMILES string of the molecule is Cc1ccccc1COc1ccc([N+](=O)[O-])cc1/C=C1\SC(=S)N(c2ccc(F)cc2)C1=O. The summed E-state index contributed by atoms with van der Waals surface area (Å²) in [7, 11) is 0. The van der Waals surface area contributed by atoms with E-state index < -0.39 is 16.6 Å². The molecule has 1 saturated heterocycles. The molecule has 0 radical (unpaired) electrons. The second-order valence-electron chi connectivity index (χ2n) is 7.19. The maximum Gasteiger partial charge on any atom is 0.270 e.